The number of ether oxygens (including phenoxy) is 1. The number of amides is 3. The number of nitrogens with zero attached hydrogens (tertiary/aromatic N) is 3. The zero-order valence-electron chi connectivity index (χ0n) is 21.6. The molecule has 1 saturated carbocycles. The Labute approximate surface area is 218 Å². The third kappa shape index (κ3) is 5.58. The lowest BCUT2D eigenvalue weighted by Gasteiger charge is -2.38. The minimum atomic E-state index is -0.259. The summed E-state index contributed by atoms with van der Waals surface area (Å²) < 4.78 is 5.24. The third-order valence-corrected chi connectivity index (χ3v) is 7.85. The highest BCUT2D eigenvalue weighted by atomic mass is 16.5. The van der Waals surface area contributed by atoms with Crippen molar-refractivity contribution < 1.29 is 19.1 Å². The van der Waals surface area contributed by atoms with Crippen molar-refractivity contribution in [1.82, 2.24) is 9.80 Å². The van der Waals surface area contributed by atoms with E-state index in [0.717, 1.165) is 57.3 Å². The Morgan fingerprint density at radius 3 is 2.27 bits per heavy atom. The number of rotatable bonds is 6. The Hall–Kier alpha value is -3.55. The van der Waals surface area contributed by atoms with Crippen LogP contribution in [0.2, 0.25) is 0 Å². The molecular weight excluding hydrogens is 468 g/mol. The van der Waals surface area contributed by atoms with E-state index >= 15 is 0 Å². The van der Waals surface area contributed by atoms with Crippen molar-refractivity contribution >= 4 is 29.1 Å². The number of nitrogens with one attached hydrogen (secondary N) is 1. The summed E-state index contributed by atoms with van der Waals surface area (Å²) >= 11 is 0. The normalized spacial score (nSPS) is 18.2. The molecule has 0 atom stereocenters. The molecule has 0 bridgehead atoms. The molecule has 2 aromatic rings. The van der Waals surface area contributed by atoms with Gasteiger partial charge in [-0.15, -0.1) is 0 Å². The van der Waals surface area contributed by atoms with Crippen LogP contribution in [0.15, 0.2) is 42.5 Å². The molecule has 3 amide bonds. The second-order valence-electron chi connectivity index (χ2n) is 10.2. The van der Waals surface area contributed by atoms with Crippen molar-refractivity contribution in [1.29, 1.82) is 0 Å². The highest BCUT2D eigenvalue weighted by molar-refractivity contribution is 6.06. The fraction of sp³-hybridized carbons (Fsp3) is 0.483. The van der Waals surface area contributed by atoms with Crippen LogP contribution in [0.1, 0.15) is 59.2 Å². The molecule has 1 aliphatic carbocycles. The van der Waals surface area contributed by atoms with Crippen molar-refractivity contribution in [2.75, 3.05) is 56.6 Å². The smallest absolute Gasteiger partial charge is 0.256 e. The number of carbonyl (C=O) groups excluding carboxylic acids is 3. The van der Waals surface area contributed by atoms with Gasteiger partial charge in [-0.2, -0.15) is 0 Å². The lowest BCUT2D eigenvalue weighted by Crippen LogP contribution is -2.50. The predicted octanol–water partition coefficient (Wildman–Crippen LogP) is 4.02. The Bertz CT molecular complexity index is 1150. The molecule has 0 spiro atoms. The SMILES string of the molecule is COc1cccc(C(=O)Nc2ccc(N3CCN(C(=O)C4CCCC4)CC3)c(C(=O)N3CCCC3)c2)c1. The summed E-state index contributed by atoms with van der Waals surface area (Å²) in [4.78, 5) is 45.5. The molecule has 3 fully saturated rings. The Kier molecular flexibility index (Phi) is 7.63. The predicted molar refractivity (Wildman–Crippen MR) is 143 cm³/mol. The summed E-state index contributed by atoms with van der Waals surface area (Å²) in [6.45, 7) is 4.22. The van der Waals surface area contributed by atoms with Gasteiger partial charge in [0.05, 0.1) is 12.7 Å². The van der Waals surface area contributed by atoms with Crippen LogP contribution >= 0.6 is 0 Å². The van der Waals surface area contributed by atoms with Crippen LogP contribution < -0.4 is 15.0 Å². The maximum Gasteiger partial charge on any atom is 0.256 e. The molecule has 2 aromatic carbocycles. The van der Waals surface area contributed by atoms with Crippen molar-refractivity contribution in [3.05, 3.63) is 53.6 Å². The second kappa shape index (κ2) is 11.2. The Morgan fingerprint density at radius 1 is 0.838 bits per heavy atom. The van der Waals surface area contributed by atoms with Crippen LogP contribution in [0.3, 0.4) is 0 Å². The fourth-order valence-electron chi connectivity index (χ4n) is 5.72. The average molecular weight is 505 g/mol. The van der Waals surface area contributed by atoms with E-state index in [-0.39, 0.29) is 17.7 Å². The van der Waals surface area contributed by atoms with E-state index in [1.165, 1.54) is 0 Å². The maximum atomic E-state index is 13.6. The molecule has 3 aliphatic rings. The molecule has 8 nitrogen and oxygen atoms in total. The van der Waals surface area contributed by atoms with Gasteiger partial charge in [0.1, 0.15) is 5.75 Å². The first kappa shape index (κ1) is 25.1. The van der Waals surface area contributed by atoms with Gasteiger partial charge in [0, 0.05) is 62.1 Å². The number of carbonyl (C=O) groups is 3. The minimum absolute atomic E-state index is 0.00515. The molecule has 2 saturated heterocycles. The molecule has 8 heteroatoms. The molecule has 1 N–H and O–H groups in total. The summed E-state index contributed by atoms with van der Waals surface area (Å²) in [5.41, 5.74) is 2.53. The quantitative estimate of drug-likeness (QED) is 0.643. The summed E-state index contributed by atoms with van der Waals surface area (Å²) in [6, 6.07) is 12.6. The number of methoxy groups -OCH3 is 1. The van der Waals surface area contributed by atoms with Crippen molar-refractivity contribution in [3.63, 3.8) is 0 Å². The Balaban J connectivity index is 1.34. The third-order valence-electron chi connectivity index (χ3n) is 7.85. The van der Waals surface area contributed by atoms with Crippen LogP contribution in [0, 0.1) is 5.92 Å². The zero-order chi connectivity index (χ0) is 25.8. The van der Waals surface area contributed by atoms with E-state index in [1.807, 2.05) is 21.9 Å². The molecule has 5 rings (SSSR count). The van der Waals surface area contributed by atoms with Gasteiger partial charge in [0.15, 0.2) is 0 Å². The van der Waals surface area contributed by atoms with Crippen LogP contribution in [-0.2, 0) is 4.79 Å². The Morgan fingerprint density at radius 2 is 1.57 bits per heavy atom. The highest BCUT2D eigenvalue weighted by Gasteiger charge is 2.31. The van der Waals surface area contributed by atoms with Gasteiger partial charge in [-0.05, 0) is 62.1 Å². The number of benzene rings is 2. The number of likely N-dealkylation sites (tertiary alicyclic amines) is 1. The van der Waals surface area contributed by atoms with E-state index < -0.39 is 0 Å². The van der Waals surface area contributed by atoms with E-state index in [2.05, 4.69) is 10.2 Å². The van der Waals surface area contributed by atoms with E-state index in [4.69, 9.17) is 4.74 Å². The maximum absolute atomic E-state index is 13.6. The molecule has 0 unspecified atom stereocenters. The van der Waals surface area contributed by atoms with E-state index in [9.17, 15) is 14.4 Å². The first-order chi connectivity index (χ1) is 18.0. The van der Waals surface area contributed by atoms with Crippen LogP contribution in [0.5, 0.6) is 5.75 Å². The molecule has 0 aromatic heterocycles. The largest absolute Gasteiger partial charge is 0.497 e. The van der Waals surface area contributed by atoms with Gasteiger partial charge in [-0.3, -0.25) is 14.4 Å². The fourth-order valence-corrected chi connectivity index (χ4v) is 5.72. The van der Waals surface area contributed by atoms with Crippen molar-refractivity contribution in [2.24, 2.45) is 5.92 Å². The van der Waals surface area contributed by atoms with Gasteiger partial charge in [-0.25, -0.2) is 0 Å². The monoisotopic (exact) mass is 504 g/mol. The first-order valence-electron chi connectivity index (χ1n) is 13.5. The van der Waals surface area contributed by atoms with Gasteiger partial charge in [0.25, 0.3) is 11.8 Å². The molecule has 37 heavy (non-hydrogen) atoms. The lowest BCUT2D eigenvalue weighted by molar-refractivity contribution is -0.135. The standard InChI is InChI=1S/C29H36N4O4/c1-37-24-10-6-9-22(19-24)27(34)30-23-11-12-26(25(20-23)29(36)32-13-4-5-14-32)31-15-17-33(18-16-31)28(35)21-7-2-3-8-21/h6,9-12,19-21H,2-5,7-8,13-18H2,1H3,(H,30,34). The average Bonchev–Trinajstić information content (AvgIpc) is 3.68. The van der Waals surface area contributed by atoms with E-state index in [1.54, 1.807) is 37.4 Å². The number of hydrogen-bond donors (Lipinski definition) is 1. The molecule has 196 valence electrons. The molecule has 0 radical (unpaired) electrons. The summed E-state index contributed by atoms with van der Waals surface area (Å²) in [5.74, 6) is 0.825. The van der Waals surface area contributed by atoms with Crippen molar-refractivity contribution in [2.45, 2.75) is 38.5 Å². The van der Waals surface area contributed by atoms with Crippen LogP contribution in [-0.4, -0.2) is 73.9 Å². The number of anilines is 2. The van der Waals surface area contributed by atoms with Gasteiger partial charge in [-0.1, -0.05) is 18.9 Å². The molecular formula is C29H36N4O4. The topological polar surface area (TPSA) is 82.2 Å². The summed E-state index contributed by atoms with van der Waals surface area (Å²) in [6.07, 6.45) is 6.34. The van der Waals surface area contributed by atoms with Crippen molar-refractivity contribution in [3.8, 4) is 5.75 Å². The van der Waals surface area contributed by atoms with Gasteiger partial charge >= 0.3 is 0 Å². The number of piperazine rings is 1. The van der Waals surface area contributed by atoms with E-state index in [0.29, 0.717) is 54.7 Å². The lowest BCUT2D eigenvalue weighted by atomic mass is 10.1. The van der Waals surface area contributed by atoms with Gasteiger partial charge < -0.3 is 24.8 Å². The van der Waals surface area contributed by atoms with Crippen LogP contribution in [0.25, 0.3) is 0 Å². The molecule has 2 heterocycles. The highest BCUT2D eigenvalue weighted by Crippen LogP contribution is 2.30. The summed E-state index contributed by atoms with van der Waals surface area (Å²) in [5, 5.41) is 2.94. The van der Waals surface area contributed by atoms with Gasteiger partial charge in [0.2, 0.25) is 5.91 Å². The molecule has 2 aliphatic heterocycles. The minimum Gasteiger partial charge on any atom is -0.497 e. The zero-order valence-corrected chi connectivity index (χ0v) is 21.6. The van der Waals surface area contributed by atoms with Crippen LogP contribution in [0.4, 0.5) is 11.4 Å². The first-order valence-corrected chi connectivity index (χ1v) is 13.5. The number of hydrogen-bond acceptors (Lipinski definition) is 5. The summed E-state index contributed by atoms with van der Waals surface area (Å²) in [7, 11) is 1.57. The second-order valence-corrected chi connectivity index (χ2v) is 10.2.